The zero-order valence-electron chi connectivity index (χ0n) is 12.9. The lowest BCUT2D eigenvalue weighted by Crippen LogP contribution is -2.42. The monoisotopic (exact) mass is 291 g/mol. The normalized spacial score (nSPS) is 24.5. The maximum Gasteiger partial charge on any atom is 0.223 e. The third-order valence-corrected chi connectivity index (χ3v) is 5.09. The highest BCUT2D eigenvalue weighted by molar-refractivity contribution is 5.79. The predicted molar refractivity (Wildman–Crippen MR) is 79.6 cm³/mol. The molecule has 2 unspecified atom stereocenters. The van der Waals surface area contributed by atoms with Crippen molar-refractivity contribution in [3.05, 3.63) is 18.2 Å². The zero-order chi connectivity index (χ0) is 15.0. The minimum atomic E-state index is -0.317. The fourth-order valence-corrected chi connectivity index (χ4v) is 3.43. The van der Waals surface area contributed by atoms with Crippen LogP contribution in [0.4, 0.5) is 0 Å². The van der Waals surface area contributed by atoms with E-state index in [0.717, 1.165) is 38.1 Å². The average molecular weight is 291 g/mol. The second-order valence-electron chi connectivity index (χ2n) is 7.00. The van der Waals surface area contributed by atoms with Gasteiger partial charge in [-0.25, -0.2) is 4.98 Å². The van der Waals surface area contributed by atoms with Crippen molar-refractivity contribution >= 4 is 5.91 Å². The fourth-order valence-electron chi connectivity index (χ4n) is 3.43. The van der Waals surface area contributed by atoms with Crippen LogP contribution in [-0.4, -0.2) is 33.2 Å². The molecule has 1 aromatic heterocycles. The van der Waals surface area contributed by atoms with Gasteiger partial charge in [-0.05, 0) is 25.2 Å². The highest BCUT2D eigenvalue weighted by Crippen LogP contribution is 2.50. The summed E-state index contributed by atoms with van der Waals surface area (Å²) in [7, 11) is 0. The Morgan fingerprint density at radius 1 is 1.57 bits per heavy atom. The number of aryl methyl sites for hydroxylation is 1. The van der Waals surface area contributed by atoms with Gasteiger partial charge in [0, 0.05) is 43.2 Å². The Bertz CT molecular complexity index is 519. The summed E-state index contributed by atoms with van der Waals surface area (Å²) in [5, 5.41) is 13.4. The van der Waals surface area contributed by atoms with Gasteiger partial charge in [0.2, 0.25) is 5.91 Å². The first-order valence-electron chi connectivity index (χ1n) is 7.98. The van der Waals surface area contributed by atoms with E-state index in [0.29, 0.717) is 6.54 Å². The summed E-state index contributed by atoms with van der Waals surface area (Å²) in [5.74, 6) is 1.38. The molecule has 5 nitrogen and oxygen atoms in total. The highest BCUT2D eigenvalue weighted by Gasteiger charge is 2.50. The van der Waals surface area contributed by atoms with Crippen molar-refractivity contribution < 1.29 is 9.90 Å². The maximum absolute atomic E-state index is 12.4. The summed E-state index contributed by atoms with van der Waals surface area (Å²) >= 11 is 0. The third-order valence-electron chi connectivity index (χ3n) is 5.09. The van der Waals surface area contributed by atoms with E-state index in [1.54, 1.807) is 6.20 Å². The van der Waals surface area contributed by atoms with Gasteiger partial charge in [-0.3, -0.25) is 4.79 Å². The van der Waals surface area contributed by atoms with Gasteiger partial charge in [0.1, 0.15) is 5.82 Å². The van der Waals surface area contributed by atoms with Crippen LogP contribution >= 0.6 is 0 Å². The summed E-state index contributed by atoms with van der Waals surface area (Å²) in [4.78, 5) is 16.7. The second-order valence-corrected chi connectivity index (χ2v) is 7.00. The van der Waals surface area contributed by atoms with Crippen LogP contribution in [0.15, 0.2) is 12.4 Å². The molecule has 2 atom stereocenters. The number of nitrogens with zero attached hydrogens (tertiary/aromatic N) is 2. The van der Waals surface area contributed by atoms with E-state index in [-0.39, 0.29) is 29.3 Å². The molecule has 1 aliphatic carbocycles. The molecule has 0 spiro atoms. The van der Waals surface area contributed by atoms with Gasteiger partial charge in [0.15, 0.2) is 0 Å². The number of nitrogens with one attached hydrogen (secondary N) is 1. The lowest BCUT2D eigenvalue weighted by molar-refractivity contribution is -0.126. The molecule has 1 aromatic rings. The summed E-state index contributed by atoms with van der Waals surface area (Å²) in [6, 6.07) is 0. The van der Waals surface area contributed by atoms with Crippen LogP contribution < -0.4 is 5.32 Å². The summed E-state index contributed by atoms with van der Waals surface area (Å²) in [5.41, 5.74) is -0.0725. The standard InChI is InChI=1S/C16H25N3O2/c1-11(2)14(20)16(4-5-16)10-18-15(21)12-3-7-19-8-6-17-13(19)9-12/h6,8,11-12,14,20H,3-5,7,9-10H2,1-2H3,(H,18,21). The molecule has 1 amide bonds. The van der Waals surface area contributed by atoms with Crippen LogP contribution in [0.3, 0.4) is 0 Å². The quantitative estimate of drug-likeness (QED) is 0.861. The van der Waals surface area contributed by atoms with Gasteiger partial charge in [-0.2, -0.15) is 0 Å². The molecule has 5 heteroatoms. The van der Waals surface area contributed by atoms with Crippen LogP contribution in [0.1, 0.15) is 38.9 Å². The van der Waals surface area contributed by atoms with Gasteiger partial charge >= 0.3 is 0 Å². The average Bonchev–Trinajstić information content (AvgIpc) is 3.12. The first-order valence-corrected chi connectivity index (χ1v) is 7.98. The van der Waals surface area contributed by atoms with Crippen molar-refractivity contribution in [3.63, 3.8) is 0 Å². The number of aliphatic hydroxyl groups excluding tert-OH is 1. The Morgan fingerprint density at radius 2 is 2.33 bits per heavy atom. The third kappa shape index (κ3) is 2.84. The zero-order valence-corrected chi connectivity index (χ0v) is 12.9. The Hall–Kier alpha value is -1.36. The van der Waals surface area contributed by atoms with Crippen LogP contribution in [0.5, 0.6) is 0 Å². The van der Waals surface area contributed by atoms with E-state index in [1.165, 1.54) is 0 Å². The maximum atomic E-state index is 12.4. The lowest BCUT2D eigenvalue weighted by Gasteiger charge is -2.27. The molecule has 1 aliphatic heterocycles. The van der Waals surface area contributed by atoms with E-state index >= 15 is 0 Å². The second kappa shape index (κ2) is 5.44. The number of aliphatic hydroxyl groups is 1. The van der Waals surface area contributed by atoms with Gasteiger partial charge < -0.3 is 15.0 Å². The predicted octanol–water partition coefficient (Wildman–Crippen LogP) is 1.36. The summed E-state index contributed by atoms with van der Waals surface area (Å²) in [6.07, 6.45) is 7.08. The van der Waals surface area contributed by atoms with Crippen molar-refractivity contribution in [1.29, 1.82) is 0 Å². The van der Waals surface area contributed by atoms with E-state index in [4.69, 9.17) is 0 Å². The van der Waals surface area contributed by atoms with Crippen LogP contribution in [0.2, 0.25) is 0 Å². The molecule has 3 rings (SSSR count). The molecule has 0 aromatic carbocycles. The number of amides is 1. The number of imidazole rings is 1. The molecular formula is C16H25N3O2. The summed E-state index contributed by atoms with van der Waals surface area (Å²) in [6.45, 7) is 5.55. The Labute approximate surface area is 125 Å². The minimum Gasteiger partial charge on any atom is -0.392 e. The number of hydrogen-bond donors (Lipinski definition) is 2. The Kier molecular flexibility index (Phi) is 3.78. The molecule has 2 heterocycles. The largest absolute Gasteiger partial charge is 0.392 e. The van der Waals surface area contributed by atoms with Crippen molar-refractivity contribution in [2.75, 3.05) is 6.54 Å². The smallest absolute Gasteiger partial charge is 0.223 e. The molecule has 116 valence electrons. The Balaban J connectivity index is 1.54. The molecule has 1 saturated carbocycles. The van der Waals surface area contributed by atoms with Crippen molar-refractivity contribution in [3.8, 4) is 0 Å². The number of rotatable bonds is 5. The first kappa shape index (κ1) is 14.6. The van der Waals surface area contributed by atoms with Gasteiger partial charge in [-0.1, -0.05) is 13.8 Å². The highest BCUT2D eigenvalue weighted by atomic mass is 16.3. The van der Waals surface area contributed by atoms with Gasteiger partial charge in [-0.15, -0.1) is 0 Å². The molecule has 2 aliphatic rings. The molecule has 0 bridgehead atoms. The molecular weight excluding hydrogens is 266 g/mol. The van der Waals surface area contributed by atoms with Crippen molar-refractivity contribution in [2.45, 2.75) is 52.2 Å². The van der Waals surface area contributed by atoms with Gasteiger partial charge in [0.05, 0.1) is 6.10 Å². The van der Waals surface area contributed by atoms with Crippen molar-refractivity contribution in [2.24, 2.45) is 17.3 Å². The lowest BCUT2D eigenvalue weighted by atomic mass is 9.89. The van der Waals surface area contributed by atoms with E-state index in [1.807, 2.05) is 20.0 Å². The number of carbonyl (C=O) groups is 1. The molecule has 0 radical (unpaired) electrons. The van der Waals surface area contributed by atoms with Crippen LogP contribution in [0.25, 0.3) is 0 Å². The summed E-state index contributed by atoms with van der Waals surface area (Å²) < 4.78 is 2.12. The molecule has 1 fully saturated rings. The van der Waals surface area contributed by atoms with E-state index in [2.05, 4.69) is 14.9 Å². The number of hydrogen-bond acceptors (Lipinski definition) is 3. The topological polar surface area (TPSA) is 67.2 Å². The molecule has 0 saturated heterocycles. The van der Waals surface area contributed by atoms with Crippen LogP contribution in [0, 0.1) is 17.3 Å². The minimum absolute atomic E-state index is 0.0203. The van der Waals surface area contributed by atoms with E-state index in [9.17, 15) is 9.90 Å². The first-order chi connectivity index (χ1) is 10.0. The fraction of sp³-hybridized carbons (Fsp3) is 0.750. The molecule has 2 N–H and O–H groups in total. The molecule has 21 heavy (non-hydrogen) atoms. The van der Waals surface area contributed by atoms with Crippen molar-refractivity contribution in [1.82, 2.24) is 14.9 Å². The van der Waals surface area contributed by atoms with Gasteiger partial charge in [0.25, 0.3) is 0 Å². The SMILES string of the molecule is CC(C)C(O)C1(CNC(=O)C2CCn3ccnc3C2)CC1. The number of aromatic nitrogens is 2. The number of carbonyl (C=O) groups excluding carboxylic acids is 1. The Morgan fingerprint density at radius 3 is 3.00 bits per heavy atom. The number of fused-ring (bicyclic) bond motifs is 1. The van der Waals surface area contributed by atoms with E-state index < -0.39 is 0 Å². The van der Waals surface area contributed by atoms with Crippen LogP contribution in [-0.2, 0) is 17.8 Å².